The molecule has 2 heteroatoms. The molecule has 1 heterocycles. The van der Waals surface area contributed by atoms with Gasteiger partial charge in [-0.05, 0) is 39.1 Å². The first-order valence-electron chi connectivity index (χ1n) is 4.59. The molecule has 0 radical (unpaired) electrons. The SMILES string of the molecule is C/C=C(C)/C=C\NC1CCNC1. The van der Waals surface area contributed by atoms with Gasteiger partial charge in [-0.15, -0.1) is 0 Å². The number of nitrogens with one attached hydrogen (secondary N) is 2. The highest BCUT2D eigenvalue weighted by atomic mass is 15.0. The summed E-state index contributed by atoms with van der Waals surface area (Å²) >= 11 is 0. The Labute approximate surface area is 74.7 Å². The van der Waals surface area contributed by atoms with Crippen molar-refractivity contribution in [3.63, 3.8) is 0 Å². The molecule has 1 aliphatic heterocycles. The standard InChI is InChI=1S/C10H18N2/c1-3-9(2)4-7-12-10-5-6-11-8-10/h3-4,7,10-12H,5-6,8H2,1-2H3/b7-4-,9-3+. The first-order valence-corrected chi connectivity index (χ1v) is 4.59. The minimum Gasteiger partial charge on any atom is -0.387 e. The van der Waals surface area contributed by atoms with Crippen molar-refractivity contribution in [1.82, 2.24) is 10.6 Å². The smallest absolute Gasteiger partial charge is 0.0392 e. The number of hydrogen-bond acceptors (Lipinski definition) is 2. The summed E-state index contributed by atoms with van der Waals surface area (Å²) in [7, 11) is 0. The monoisotopic (exact) mass is 166 g/mol. The van der Waals surface area contributed by atoms with Crippen molar-refractivity contribution in [2.45, 2.75) is 26.3 Å². The summed E-state index contributed by atoms with van der Waals surface area (Å²) in [5.74, 6) is 0. The Kier molecular flexibility index (Phi) is 3.88. The minimum atomic E-state index is 0.630. The van der Waals surface area contributed by atoms with E-state index in [1.54, 1.807) is 0 Å². The predicted octanol–water partition coefficient (Wildman–Crippen LogP) is 1.42. The molecule has 0 amide bonds. The lowest BCUT2D eigenvalue weighted by molar-refractivity contribution is 0.638. The van der Waals surface area contributed by atoms with Crippen LogP contribution in [-0.4, -0.2) is 19.1 Å². The molecule has 1 atom stereocenters. The molecule has 68 valence electrons. The maximum atomic E-state index is 3.36. The van der Waals surface area contributed by atoms with Gasteiger partial charge in [0, 0.05) is 12.6 Å². The minimum absolute atomic E-state index is 0.630. The fraction of sp³-hybridized carbons (Fsp3) is 0.600. The molecule has 1 fully saturated rings. The summed E-state index contributed by atoms with van der Waals surface area (Å²) in [5, 5.41) is 6.68. The first-order chi connectivity index (χ1) is 5.83. The van der Waals surface area contributed by atoms with Crippen molar-refractivity contribution in [2.75, 3.05) is 13.1 Å². The fourth-order valence-corrected chi connectivity index (χ4v) is 1.21. The van der Waals surface area contributed by atoms with Gasteiger partial charge in [-0.2, -0.15) is 0 Å². The third-order valence-corrected chi connectivity index (χ3v) is 2.19. The molecular weight excluding hydrogens is 148 g/mol. The molecule has 1 rings (SSSR count). The second kappa shape index (κ2) is 4.99. The molecule has 0 aliphatic carbocycles. The lowest BCUT2D eigenvalue weighted by atomic mass is 10.2. The normalized spacial score (nSPS) is 25.2. The van der Waals surface area contributed by atoms with Crippen molar-refractivity contribution < 1.29 is 0 Å². The molecule has 0 aromatic rings. The number of allylic oxidation sites excluding steroid dienone is 3. The molecule has 1 saturated heterocycles. The second-order valence-electron chi connectivity index (χ2n) is 3.22. The van der Waals surface area contributed by atoms with Crippen LogP contribution in [0.5, 0.6) is 0 Å². The molecule has 0 aromatic carbocycles. The van der Waals surface area contributed by atoms with Crippen LogP contribution in [0.25, 0.3) is 0 Å². The third kappa shape index (κ3) is 3.09. The Morgan fingerprint density at radius 3 is 3.00 bits per heavy atom. The number of hydrogen-bond donors (Lipinski definition) is 2. The van der Waals surface area contributed by atoms with Gasteiger partial charge >= 0.3 is 0 Å². The molecule has 0 saturated carbocycles. The summed E-state index contributed by atoms with van der Waals surface area (Å²) in [4.78, 5) is 0. The molecule has 0 bridgehead atoms. The van der Waals surface area contributed by atoms with E-state index in [9.17, 15) is 0 Å². The van der Waals surface area contributed by atoms with Crippen LogP contribution in [0.4, 0.5) is 0 Å². The molecule has 0 spiro atoms. The molecule has 1 aliphatic rings. The summed E-state index contributed by atoms with van der Waals surface area (Å²) in [6.45, 7) is 6.40. The lowest BCUT2D eigenvalue weighted by Crippen LogP contribution is -2.26. The Morgan fingerprint density at radius 2 is 2.42 bits per heavy atom. The van der Waals surface area contributed by atoms with Gasteiger partial charge in [0.1, 0.15) is 0 Å². The molecule has 2 nitrogen and oxygen atoms in total. The maximum Gasteiger partial charge on any atom is 0.0392 e. The molecule has 2 N–H and O–H groups in total. The first kappa shape index (κ1) is 9.33. The van der Waals surface area contributed by atoms with E-state index in [2.05, 4.69) is 36.6 Å². The van der Waals surface area contributed by atoms with Crippen molar-refractivity contribution in [2.24, 2.45) is 0 Å². The zero-order chi connectivity index (χ0) is 8.81. The molecule has 1 unspecified atom stereocenters. The van der Waals surface area contributed by atoms with Crippen molar-refractivity contribution in [1.29, 1.82) is 0 Å². The van der Waals surface area contributed by atoms with E-state index >= 15 is 0 Å². The van der Waals surface area contributed by atoms with Gasteiger partial charge in [0.15, 0.2) is 0 Å². The van der Waals surface area contributed by atoms with Gasteiger partial charge in [0.2, 0.25) is 0 Å². The summed E-state index contributed by atoms with van der Waals surface area (Å²) in [5.41, 5.74) is 1.30. The van der Waals surface area contributed by atoms with Crippen LogP contribution >= 0.6 is 0 Å². The molecule has 12 heavy (non-hydrogen) atoms. The van der Waals surface area contributed by atoms with Crippen LogP contribution in [0, 0.1) is 0 Å². The average molecular weight is 166 g/mol. The van der Waals surface area contributed by atoms with Gasteiger partial charge in [-0.1, -0.05) is 11.6 Å². The highest BCUT2D eigenvalue weighted by Crippen LogP contribution is 1.97. The quantitative estimate of drug-likeness (QED) is 0.620. The fourth-order valence-electron chi connectivity index (χ4n) is 1.21. The van der Waals surface area contributed by atoms with Crippen molar-refractivity contribution >= 4 is 0 Å². The van der Waals surface area contributed by atoms with Gasteiger partial charge in [0.05, 0.1) is 0 Å². The number of rotatable bonds is 3. The third-order valence-electron chi connectivity index (χ3n) is 2.19. The Balaban J connectivity index is 2.19. The summed E-state index contributed by atoms with van der Waals surface area (Å²) in [6.07, 6.45) is 7.50. The van der Waals surface area contributed by atoms with E-state index in [-0.39, 0.29) is 0 Å². The van der Waals surface area contributed by atoms with E-state index in [4.69, 9.17) is 0 Å². The van der Waals surface area contributed by atoms with Crippen LogP contribution in [0.2, 0.25) is 0 Å². The van der Waals surface area contributed by atoms with E-state index in [1.807, 2.05) is 6.20 Å². The van der Waals surface area contributed by atoms with Crippen LogP contribution in [0.3, 0.4) is 0 Å². The van der Waals surface area contributed by atoms with Gasteiger partial charge in [-0.3, -0.25) is 0 Å². The van der Waals surface area contributed by atoms with Gasteiger partial charge < -0.3 is 10.6 Å². The highest BCUT2D eigenvalue weighted by Gasteiger charge is 2.10. The van der Waals surface area contributed by atoms with Crippen molar-refractivity contribution in [3.8, 4) is 0 Å². The summed E-state index contributed by atoms with van der Waals surface area (Å²) < 4.78 is 0. The van der Waals surface area contributed by atoms with Crippen LogP contribution < -0.4 is 10.6 Å². The van der Waals surface area contributed by atoms with Crippen LogP contribution in [0.1, 0.15) is 20.3 Å². The maximum absolute atomic E-state index is 3.36. The van der Waals surface area contributed by atoms with E-state index < -0.39 is 0 Å². The zero-order valence-electron chi connectivity index (χ0n) is 7.93. The lowest BCUT2D eigenvalue weighted by Gasteiger charge is -2.06. The second-order valence-corrected chi connectivity index (χ2v) is 3.22. The predicted molar refractivity (Wildman–Crippen MR) is 53.0 cm³/mol. The Hall–Kier alpha value is -0.760. The molecule has 0 aromatic heterocycles. The Morgan fingerprint density at radius 1 is 1.58 bits per heavy atom. The van der Waals surface area contributed by atoms with E-state index in [0.29, 0.717) is 6.04 Å². The van der Waals surface area contributed by atoms with Crippen LogP contribution in [0.15, 0.2) is 23.9 Å². The summed E-state index contributed by atoms with van der Waals surface area (Å²) in [6, 6.07) is 0.630. The van der Waals surface area contributed by atoms with E-state index in [1.165, 1.54) is 12.0 Å². The van der Waals surface area contributed by atoms with Crippen molar-refractivity contribution in [3.05, 3.63) is 23.9 Å². The van der Waals surface area contributed by atoms with E-state index in [0.717, 1.165) is 13.1 Å². The average Bonchev–Trinajstić information content (AvgIpc) is 2.57. The topological polar surface area (TPSA) is 24.1 Å². The zero-order valence-corrected chi connectivity index (χ0v) is 7.93. The van der Waals surface area contributed by atoms with Crippen LogP contribution in [-0.2, 0) is 0 Å². The Bertz CT molecular complexity index is 176. The van der Waals surface area contributed by atoms with Gasteiger partial charge in [-0.25, -0.2) is 0 Å². The largest absolute Gasteiger partial charge is 0.387 e. The highest BCUT2D eigenvalue weighted by molar-refractivity contribution is 5.14. The van der Waals surface area contributed by atoms with Gasteiger partial charge in [0.25, 0.3) is 0 Å². The molecular formula is C10H18N2.